The highest BCUT2D eigenvalue weighted by atomic mass is 32.2. The molecule has 0 bridgehead atoms. The first kappa shape index (κ1) is 11.1. The van der Waals surface area contributed by atoms with Crippen LogP contribution >= 0.6 is 0 Å². The van der Waals surface area contributed by atoms with E-state index in [1.807, 2.05) is 0 Å². The molecule has 16 heavy (non-hydrogen) atoms. The molecule has 1 aliphatic rings. The highest BCUT2D eigenvalue weighted by Crippen LogP contribution is 2.36. The molecule has 0 radical (unpaired) electrons. The minimum absolute atomic E-state index is 0.181. The molecule has 1 N–H and O–H groups in total. The van der Waals surface area contributed by atoms with Crippen molar-refractivity contribution < 1.29 is 22.5 Å². The van der Waals surface area contributed by atoms with Crippen molar-refractivity contribution in [2.75, 3.05) is 0 Å². The summed E-state index contributed by atoms with van der Waals surface area (Å²) in [4.78, 5) is 11.2. The summed E-state index contributed by atoms with van der Waals surface area (Å²) >= 11 is 0. The Morgan fingerprint density at radius 2 is 1.94 bits per heavy atom. The quantitative estimate of drug-likeness (QED) is 0.593. The van der Waals surface area contributed by atoms with Crippen LogP contribution in [0.25, 0.3) is 0 Å². The lowest BCUT2D eigenvalue weighted by molar-refractivity contribution is 0.00954. The molecule has 2 rings (SSSR count). The van der Waals surface area contributed by atoms with E-state index in [-0.39, 0.29) is 10.5 Å². The number of hydrogen-bond acceptors (Lipinski definition) is 4. The van der Waals surface area contributed by atoms with Crippen molar-refractivity contribution in [3.05, 3.63) is 29.3 Å². The lowest BCUT2D eigenvalue weighted by Crippen LogP contribution is -2.15. The molecule has 0 spiro atoms. The lowest BCUT2D eigenvalue weighted by atomic mass is 9.96. The van der Waals surface area contributed by atoms with E-state index in [0.29, 0.717) is 5.56 Å². The van der Waals surface area contributed by atoms with Gasteiger partial charge in [-0.1, -0.05) is 6.07 Å². The van der Waals surface area contributed by atoms with E-state index in [4.69, 9.17) is 9.29 Å². The molecular weight excluding hydrogens is 232 g/mol. The highest BCUT2D eigenvalue weighted by Gasteiger charge is 2.38. The van der Waals surface area contributed by atoms with Gasteiger partial charge in [0.25, 0.3) is 10.1 Å². The van der Waals surface area contributed by atoms with Crippen LogP contribution in [0, 0.1) is 0 Å². The van der Waals surface area contributed by atoms with Crippen LogP contribution in [-0.2, 0) is 20.5 Å². The monoisotopic (exact) mass is 242 g/mol. The molecular formula is C10H10O5S. The van der Waals surface area contributed by atoms with Gasteiger partial charge in [0.1, 0.15) is 5.60 Å². The van der Waals surface area contributed by atoms with Crippen LogP contribution in [0.2, 0.25) is 0 Å². The average Bonchev–Trinajstić information content (AvgIpc) is 2.36. The van der Waals surface area contributed by atoms with Gasteiger partial charge in [-0.3, -0.25) is 4.55 Å². The Morgan fingerprint density at radius 3 is 2.50 bits per heavy atom. The molecule has 1 heterocycles. The summed E-state index contributed by atoms with van der Waals surface area (Å²) in [5.74, 6) is -0.578. The van der Waals surface area contributed by atoms with Crippen LogP contribution in [-0.4, -0.2) is 18.9 Å². The fourth-order valence-electron chi connectivity index (χ4n) is 1.72. The van der Waals surface area contributed by atoms with Crippen molar-refractivity contribution in [2.45, 2.75) is 24.3 Å². The molecule has 86 valence electrons. The largest absolute Gasteiger partial charge is 0.451 e. The van der Waals surface area contributed by atoms with E-state index in [1.165, 1.54) is 12.1 Å². The molecule has 0 saturated heterocycles. The Kier molecular flexibility index (Phi) is 2.12. The van der Waals surface area contributed by atoms with Crippen LogP contribution in [0.4, 0.5) is 0 Å². The number of hydrogen-bond donors (Lipinski definition) is 1. The van der Waals surface area contributed by atoms with Crippen LogP contribution < -0.4 is 0 Å². The fraction of sp³-hybridized carbons (Fsp3) is 0.300. The molecule has 0 saturated carbocycles. The molecule has 0 unspecified atom stereocenters. The smallest absolute Gasteiger partial charge is 0.339 e. The number of carbonyl (C=O) groups is 1. The minimum Gasteiger partial charge on any atom is -0.451 e. The molecule has 1 aromatic rings. The second-order valence-electron chi connectivity index (χ2n) is 4.08. The summed E-state index contributed by atoms with van der Waals surface area (Å²) in [6.07, 6.45) is 0. The van der Waals surface area contributed by atoms with Crippen LogP contribution in [0.3, 0.4) is 0 Å². The first-order valence-corrected chi connectivity index (χ1v) is 6.01. The summed E-state index contributed by atoms with van der Waals surface area (Å²) < 4.78 is 35.7. The molecule has 0 atom stereocenters. The molecule has 6 heteroatoms. The van der Waals surface area contributed by atoms with Crippen molar-refractivity contribution in [3.63, 3.8) is 0 Å². The van der Waals surface area contributed by atoms with Gasteiger partial charge in [-0.15, -0.1) is 0 Å². The minimum atomic E-state index is -4.29. The number of carbonyl (C=O) groups excluding carboxylic acids is 1. The second-order valence-corrected chi connectivity index (χ2v) is 5.50. The van der Waals surface area contributed by atoms with Gasteiger partial charge >= 0.3 is 5.97 Å². The van der Waals surface area contributed by atoms with Crippen molar-refractivity contribution in [1.29, 1.82) is 0 Å². The zero-order chi connectivity index (χ0) is 12.1. The summed E-state index contributed by atoms with van der Waals surface area (Å²) in [6, 6.07) is 3.85. The van der Waals surface area contributed by atoms with E-state index >= 15 is 0 Å². The normalized spacial score (nSPS) is 18.1. The number of esters is 1. The number of cyclic esters (lactones) is 1. The predicted octanol–water partition coefficient (Wildman–Crippen LogP) is 1.34. The third-order valence-corrected chi connectivity index (χ3v) is 3.35. The Hall–Kier alpha value is -1.40. The molecule has 5 nitrogen and oxygen atoms in total. The molecule has 1 aromatic carbocycles. The van der Waals surface area contributed by atoms with Crippen molar-refractivity contribution in [2.24, 2.45) is 0 Å². The predicted molar refractivity (Wildman–Crippen MR) is 54.7 cm³/mol. The van der Waals surface area contributed by atoms with E-state index in [9.17, 15) is 13.2 Å². The average molecular weight is 242 g/mol. The third kappa shape index (κ3) is 1.60. The van der Waals surface area contributed by atoms with Gasteiger partial charge in [-0.25, -0.2) is 4.79 Å². The number of ether oxygens (including phenoxy) is 1. The van der Waals surface area contributed by atoms with Gasteiger partial charge in [-0.05, 0) is 26.0 Å². The van der Waals surface area contributed by atoms with Gasteiger partial charge in [0.05, 0.1) is 10.5 Å². The van der Waals surface area contributed by atoms with Gasteiger partial charge in [0, 0.05) is 5.56 Å². The summed E-state index contributed by atoms with van der Waals surface area (Å²) in [5.41, 5.74) is 0.0366. The SMILES string of the molecule is CC1(C)OC(=O)c2cc(S(=O)(=O)O)ccc21. The van der Waals surface area contributed by atoms with Crippen molar-refractivity contribution in [3.8, 4) is 0 Å². The zero-order valence-electron chi connectivity index (χ0n) is 8.72. The molecule has 1 aliphatic heterocycles. The summed E-state index contributed by atoms with van der Waals surface area (Å²) in [6.45, 7) is 3.42. The van der Waals surface area contributed by atoms with E-state index in [2.05, 4.69) is 0 Å². The van der Waals surface area contributed by atoms with Crippen LogP contribution in [0.5, 0.6) is 0 Å². The summed E-state index contributed by atoms with van der Waals surface area (Å²) in [7, 11) is -4.29. The third-order valence-electron chi connectivity index (χ3n) is 2.51. The highest BCUT2D eigenvalue weighted by molar-refractivity contribution is 7.85. The number of rotatable bonds is 1. The standard InChI is InChI=1S/C10H10O5S/c1-10(2)8-4-3-6(16(12,13)14)5-7(8)9(11)15-10/h3-5H,1-2H3,(H,12,13,14). The van der Waals surface area contributed by atoms with E-state index < -0.39 is 21.7 Å². The van der Waals surface area contributed by atoms with Gasteiger partial charge in [0.2, 0.25) is 0 Å². The maximum absolute atomic E-state index is 11.5. The van der Waals surface area contributed by atoms with Crippen LogP contribution in [0.15, 0.2) is 23.1 Å². The Labute approximate surface area is 92.8 Å². The number of fused-ring (bicyclic) bond motifs is 1. The summed E-state index contributed by atoms with van der Waals surface area (Å²) in [5, 5.41) is 0. The molecule has 0 fully saturated rings. The topological polar surface area (TPSA) is 80.7 Å². The first-order chi connectivity index (χ1) is 7.22. The van der Waals surface area contributed by atoms with Crippen molar-refractivity contribution in [1.82, 2.24) is 0 Å². The van der Waals surface area contributed by atoms with Gasteiger partial charge < -0.3 is 4.74 Å². The Balaban J connectivity index is 2.66. The molecule has 0 amide bonds. The van der Waals surface area contributed by atoms with Gasteiger partial charge in [-0.2, -0.15) is 8.42 Å². The fourth-order valence-corrected chi connectivity index (χ4v) is 2.23. The first-order valence-electron chi connectivity index (χ1n) is 4.57. The number of benzene rings is 1. The molecule has 0 aromatic heterocycles. The maximum atomic E-state index is 11.5. The van der Waals surface area contributed by atoms with Crippen molar-refractivity contribution >= 4 is 16.1 Å². The molecule has 0 aliphatic carbocycles. The lowest BCUT2D eigenvalue weighted by Gasteiger charge is -2.17. The van der Waals surface area contributed by atoms with Crippen LogP contribution in [0.1, 0.15) is 29.8 Å². The second kappa shape index (κ2) is 3.05. The Morgan fingerprint density at radius 1 is 1.31 bits per heavy atom. The Bertz CT molecular complexity index is 571. The van der Waals surface area contributed by atoms with E-state index in [1.54, 1.807) is 13.8 Å². The maximum Gasteiger partial charge on any atom is 0.339 e. The zero-order valence-corrected chi connectivity index (χ0v) is 9.54. The van der Waals surface area contributed by atoms with E-state index in [0.717, 1.165) is 6.07 Å². The van der Waals surface area contributed by atoms with Gasteiger partial charge in [0.15, 0.2) is 0 Å².